The van der Waals surface area contributed by atoms with Gasteiger partial charge in [-0.2, -0.15) is 24.5 Å². The molecule has 2 heterocycles. The second kappa shape index (κ2) is 7.69. The minimum Gasteiger partial charge on any atom is -0.324 e. The Kier molecular flexibility index (Phi) is 5.52. The monoisotopic (exact) mass is 397 g/mol. The normalized spacial score (nSPS) is 17.4. The molecule has 1 aliphatic heterocycles. The molecule has 0 radical (unpaired) electrons. The molecule has 0 fully saturated rings. The Balaban J connectivity index is 1.90. The highest BCUT2D eigenvalue weighted by Crippen LogP contribution is 2.37. The number of fused-ring (bicyclic) bond motifs is 1. The molecule has 0 bridgehead atoms. The summed E-state index contributed by atoms with van der Waals surface area (Å²) < 4.78 is 41.0. The number of hydrogen-bond acceptors (Lipinski definition) is 4. The Hall–Kier alpha value is -2.39. The van der Waals surface area contributed by atoms with Gasteiger partial charge in [0.15, 0.2) is 0 Å². The van der Waals surface area contributed by atoms with E-state index in [-0.39, 0.29) is 17.9 Å². The van der Waals surface area contributed by atoms with Crippen molar-refractivity contribution in [2.24, 2.45) is 0 Å². The van der Waals surface area contributed by atoms with Crippen LogP contribution in [0.15, 0.2) is 41.1 Å². The zero-order chi connectivity index (χ0) is 19.6. The Bertz CT molecular complexity index is 824. The van der Waals surface area contributed by atoms with Gasteiger partial charge < -0.3 is 5.32 Å². The number of hydrogen-bond donors (Lipinski definition) is 1. The molecule has 1 aromatic heterocycles. The third-order valence-corrected chi connectivity index (χ3v) is 4.94. The number of alkyl halides is 3. The average molecular weight is 397 g/mol. The first-order chi connectivity index (χ1) is 12.8. The van der Waals surface area contributed by atoms with Crippen LogP contribution in [0, 0.1) is 0 Å². The molecule has 1 N–H and O–H groups in total. The van der Waals surface area contributed by atoms with Crippen LogP contribution in [0.25, 0.3) is 0 Å². The first-order valence-electron chi connectivity index (χ1n) is 8.23. The Morgan fingerprint density at radius 3 is 2.74 bits per heavy atom. The van der Waals surface area contributed by atoms with Crippen molar-refractivity contribution < 1.29 is 22.8 Å². The van der Waals surface area contributed by atoms with Crippen molar-refractivity contribution in [2.75, 3.05) is 23.8 Å². The Morgan fingerprint density at radius 1 is 1.33 bits per heavy atom. The number of nitrogens with one attached hydrogen (secondary N) is 1. The quantitative estimate of drug-likeness (QED) is 0.859. The van der Waals surface area contributed by atoms with Gasteiger partial charge in [-0.25, -0.2) is 0 Å². The van der Waals surface area contributed by atoms with E-state index in [9.17, 15) is 22.8 Å². The van der Waals surface area contributed by atoms with Gasteiger partial charge in [0.1, 0.15) is 6.04 Å². The highest BCUT2D eigenvalue weighted by atomic mass is 32.1. The summed E-state index contributed by atoms with van der Waals surface area (Å²) in [6, 6.07) is 5.73. The number of anilines is 2. The lowest BCUT2D eigenvalue weighted by molar-refractivity contribution is -0.158. The van der Waals surface area contributed by atoms with E-state index < -0.39 is 30.5 Å². The summed E-state index contributed by atoms with van der Waals surface area (Å²) in [5.41, 5.74) is 1.23. The lowest BCUT2D eigenvalue weighted by atomic mass is 10.1. The van der Waals surface area contributed by atoms with Gasteiger partial charge >= 0.3 is 6.18 Å². The number of thiophene rings is 1. The van der Waals surface area contributed by atoms with E-state index >= 15 is 0 Å². The fourth-order valence-corrected chi connectivity index (χ4v) is 3.71. The van der Waals surface area contributed by atoms with Crippen LogP contribution < -0.4 is 10.2 Å². The average Bonchev–Trinajstić information content (AvgIpc) is 3.01. The maximum absolute atomic E-state index is 13.7. The molecule has 1 atom stereocenters. The van der Waals surface area contributed by atoms with Crippen LogP contribution in [0.5, 0.6) is 0 Å². The van der Waals surface area contributed by atoms with Crippen LogP contribution in [-0.2, 0) is 16.1 Å². The molecular weight excluding hydrogens is 379 g/mol. The van der Waals surface area contributed by atoms with E-state index in [2.05, 4.69) is 5.32 Å². The zero-order valence-corrected chi connectivity index (χ0v) is 15.3. The number of carbonyl (C=O) groups is 2. The van der Waals surface area contributed by atoms with Crippen molar-refractivity contribution in [2.45, 2.75) is 25.2 Å². The number of carbonyl (C=O) groups excluding carboxylic acids is 2. The predicted molar refractivity (Wildman–Crippen MR) is 97.7 cm³/mol. The summed E-state index contributed by atoms with van der Waals surface area (Å²) in [5.74, 6) is -1.48. The number of amides is 2. The van der Waals surface area contributed by atoms with Gasteiger partial charge in [-0.3, -0.25) is 19.4 Å². The molecular formula is C18H18F3N3O2S. The molecule has 5 nitrogen and oxygen atoms in total. The first-order valence-corrected chi connectivity index (χ1v) is 9.17. The minimum atomic E-state index is -4.73. The van der Waals surface area contributed by atoms with Crippen molar-refractivity contribution in [3.8, 4) is 0 Å². The molecule has 0 unspecified atom stereocenters. The van der Waals surface area contributed by atoms with Gasteiger partial charge in [-0.1, -0.05) is 12.1 Å². The van der Waals surface area contributed by atoms with E-state index in [0.29, 0.717) is 11.4 Å². The molecule has 1 aliphatic rings. The Labute approximate surface area is 158 Å². The Morgan fingerprint density at radius 2 is 2.07 bits per heavy atom. The zero-order valence-electron chi connectivity index (χ0n) is 14.5. The molecule has 2 amide bonds. The molecule has 144 valence electrons. The van der Waals surface area contributed by atoms with Gasteiger partial charge in [0.2, 0.25) is 11.8 Å². The number of para-hydroxylation sites is 2. The first kappa shape index (κ1) is 19.4. The standard InChI is InChI=1S/C18H18F3N3O2S/c1-23(9-12-6-7-27-11-12)10-17(26)24-14-5-3-2-4-13(14)22-16(25)8-15(24)18(19,20)21/h2-7,11,15H,8-10H2,1H3,(H,22,25)/t15-/m1/s1. The van der Waals surface area contributed by atoms with Crippen LogP contribution in [0.1, 0.15) is 12.0 Å². The van der Waals surface area contributed by atoms with Crippen LogP contribution in [-0.4, -0.2) is 42.5 Å². The van der Waals surface area contributed by atoms with Crippen molar-refractivity contribution in [1.29, 1.82) is 0 Å². The third-order valence-electron chi connectivity index (χ3n) is 4.21. The smallest absolute Gasteiger partial charge is 0.324 e. The number of nitrogens with zero attached hydrogens (tertiary/aromatic N) is 2. The number of likely N-dealkylation sites (N-methyl/N-ethyl adjacent to an activating group) is 1. The highest BCUT2D eigenvalue weighted by Gasteiger charge is 2.49. The van der Waals surface area contributed by atoms with E-state index in [1.54, 1.807) is 24.1 Å². The third kappa shape index (κ3) is 4.48. The lowest BCUT2D eigenvalue weighted by Crippen LogP contribution is -2.52. The van der Waals surface area contributed by atoms with E-state index in [4.69, 9.17) is 0 Å². The van der Waals surface area contributed by atoms with Crippen LogP contribution in [0.4, 0.5) is 24.5 Å². The van der Waals surface area contributed by atoms with Crippen LogP contribution >= 0.6 is 11.3 Å². The SMILES string of the molecule is CN(CC(=O)N1c2ccccc2NC(=O)C[C@@H]1C(F)(F)F)Cc1ccsc1. The highest BCUT2D eigenvalue weighted by molar-refractivity contribution is 7.07. The van der Waals surface area contributed by atoms with Crippen molar-refractivity contribution in [3.63, 3.8) is 0 Å². The van der Waals surface area contributed by atoms with Crippen molar-refractivity contribution in [1.82, 2.24) is 4.90 Å². The van der Waals surface area contributed by atoms with Gasteiger partial charge in [-0.15, -0.1) is 0 Å². The topological polar surface area (TPSA) is 52.7 Å². The van der Waals surface area contributed by atoms with Crippen molar-refractivity contribution >= 4 is 34.5 Å². The molecule has 9 heteroatoms. The maximum Gasteiger partial charge on any atom is 0.409 e. The summed E-state index contributed by atoms with van der Waals surface area (Å²) in [5, 5.41) is 6.27. The maximum atomic E-state index is 13.7. The second-order valence-electron chi connectivity index (χ2n) is 6.39. The van der Waals surface area contributed by atoms with Crippen LogP contribution in [0.3, 0.4) is 0 Å². The fraction of sp³-hybridized carbons (Fsp3) is 0.333. The van der Waals surface area contributed by atoms with Gasteiger partial charge in [-0.05, 0) is 41.6 Å². The molecule has 3 rings (SSSR count). The summed E-state index contributed by atoms with van der Waals surface area (Å²) in [4.78, 5) is 27.2. The molecule has 1 aromatic carbocycles. The molecule has 0 saturated carbocycles. The summed E-state index contributed by atoms with van der Waals surface area (Å²) in [6.45, 7) is 0.240. The number of halogens is 3. The lowest BCUT2D eigenvalue weighted by Gasteiger charge is -2.32. The summed E-state index contributed by atoms with van der Waals surface area (Å²) in [6.07, 6.45) is -5.56. The van der Waals surface area contributed by atoms with Crippen molar-refractivity contribution in [3.05, 3.63) is 46.7 Å². The van der Waals surface area contributed by atoms with Gasteiger partial charge in [0.05, 0.1) is 24.3 Å². The minimum absolute atomic E-state index is 0.0552. The molecule has 2 aromatic rings. The van der Waals surface area contributed by atoms with Crippen LogP contribution in [0.2, 0.25) is 0 Å². The molecule has 0 spiro atoms. The fourth-order valence-electron chi connectivity index (χ4n) is 3.05. The number of benzene rings is 1. The molecule has 0 saturated heterocycles. The largest absolute Gasteiger partial charge is 0.409 e. The molecule has 0 aliphatic carbocycles. The van der Waals surface area contributed by atoms with Gasteiger partial charge in [0, 0.05) is 6.54 Å². The van der Waals surface area contributed by atoms with E-state index in [0.717, 1.165) is 5.56 Å². The second-order valence-corrected chi connectivity index (χ2v) is 7.17. The molecule has 27 heavy (non-hydrogen) atoms. The summed E-state index contributed by atoms with van der Waals surface area (Å²) in [7, 11) is 1.67. The summed E-state index contributed by atoms with van der Waals surface area (Å²) >= 11 is 1.51. The van der Waals surface area contributed by atoms with E-state index in [1.165, 1.54) is 23.5 Å². The number of rotatable bonds is 4. The van der Waals surface area contributed by atoms with E-state index in [1.807, 2.05) is 16.8 Å². The van der Waals surface area contributed by atoms with Gasteiger partial charge in [0.25, 0.3) is 0 Å². The predicted octanol–water partition coefficient (Wildman–Crippen LogP) is 3.49.